The highest BCUT2D eigenvalue weighted by molar-refractivity contribution is 5.96. The van der Waals surface area contributed by atoms with E-state index in [1.54, 1.807) is 48.5 Å². The molecule has 4 aromatic carbocycles. The van der Waals surface area contributed by atoms with Gasteiger partial charge in [-0.1, -0.05) is 0 Å². The predicted molar refractivity (Wildman–Crippen MR) is 225 cm³/mol. The van der Waals surface area contributed by atoms with Gasteiger partial charge in [-0.25, -0.2) is 33.5 Å². The lowest BCUT2D eigenvalue weighted by Gasteiger charge is -2.14. The van der Waals surface area contributed by atoms with E-state index >= 15 is 0 Å². The molecule has 0 aliphatic rings. The minimum atomic E-state index is -1.36. The number of aliphatic hydroxyl groups is 4. The van der Waals surface area contributed by atoms with Gasteiger partial charge in [-0.2, -0.15) is 0 Å². The molecule has 0 saturated carbocycles. The molecule has 7 N–H and O–H groups in total. The number of nitrogens with zero attached hydrogens (tertiary/aromatic N) is 4. The fraction of sp³-hybridized carbons (Fsp3) is 0.200. The number of methoxy groups -OCH3 is 1. The number of amides is 2. The maximum Gasteiger partial charge on any atom is 0.328 e. The van der Waals surface area contributed by atoms with Gasteiger partial charge < -0.3 is 50.4 Å². The van der Waals surface area contributed by atoms with Crippen LogP contribution in [-0.4, -0.2) is 102 Å². The molecule has 6 rings (SSSR count). The summed E-state index contributed by atoms with van der Waals surface area (Å²) in [5.41, 5.74) is 0.733. The summed E-state index contributed by atoms with van der Waals surface area (Å²) in [4.78, 5) is 64.5. The third-order valence-electron chi connectivity index (χ3n) is 8.93. The molecule has 0 aliphatic carbocycles. The first-order valence-corrected chi connectivity index (χ1v) is 19.4. The van der Waals surface area contributed by atoms with Crippen molar-refractivity contribution in [2.75, 3.05) is 20.3 Å². The summed E-state index contributed by atoms with van der Waals surface area (Å²) in [6, 6.07) is 24.4. The molecular weight excluding hydrogens is 855 g/mol. The van der Waals surface area contributed by atoms with Crippen LogP contribution in [0.3, 0.4) is 0 Å². The smallest absolute Gasteiger partial charge is 0.328 e. The minimum absolute atomic E-state index is 0.00253. The van der Waals surface area contributed by atoms with Crippen LogP contribution in [0, 0.1) is 11.6 Å². The molecule has 2 aromatic heterocycles. The number of carboxylic acids is 1. The zero-order chi connectivity index (χ0) is 47.2. The van der Waals surface area contributed by atoms with Crippen molar-refractivity contribution in [3.63, 3.8) is 0 Å². The zero-order valence-corrected chi connectivity index (χ0v) is 34.8. The van der Waals surface area contributed by atoms with E-state index < -0.39 is 61.3 Å². The van der Waals surface area contributed by atoms with Crippen LogP contribution in [-0.2, 0) is 14.3 Å². The molecule has 18 nitrogen and oxygen atoms in total. The standard InChI is InChI=1S/C23H22FN3O6.C22H20FN3O6/c1-13(23(31)32-2)25-22(30)19-11-18(20(29)12-28)26-21(27-19)14-3-7-16(8-4-14)33-17-9-5-15(24)6-10-17;1-12(22(30)31)24-21(29)18-10-17(19(28)11-27)25-20(26-18)13-2-6-15(7-3-13)32-16-8-4-14(23)5-9-16/h3-11,13,20,28-29H,12H2,1-2H3,(H,25,30);2-10,12,19,27-28H,11H2,1H3,(H,24,29)(H,30,31)/t13-,20+;12-,19+/m00/s1. The number of nitrogens with one attached hydrogen (secondary N) is 2. The van der Waals surface area contributed by atoms with Gasteiger partial charge in [0.15, 0.2) is 11.6 Å². The van der Waals surface area contributed by atoms with E-state index in [0.717, 1.165) is 0 Å². The number of aliphatic carboxylic acids is 1. The largest absolute Gasteiger partial charge is 0.480 e. The van der Waals surface area contributed by atoms with Gasteiger partial charge in [-0.3, -0.25) is 14.4 Å². The van der Waals surface area contributed by atoms with Crippen LogP contribution >= 0.6 is 0 Å². The Morgan fingerprint density at radius 2 is 0.908 bits per heavy atom. The van der Waals surface area contributed by atoms with E-state index in [4.69, 9.17) is 14.6 Å². The number of rotatable bonds is 16. The molecule has 0 fully saturated rings. The van der Waals surface area contributed by atoms with Crippen molar-refractivity contribution < 1.29 is 67.7 Å². The van der Waals surface area contributed by atoms with Gasteiger partial charge in [-0.05, 0) is 123 Å². The lowest BCUT2D eigenvalue weighted by atomic mass is 10.1. The highest BCUT2D eigenvalue weighted by atomic mass is 19.1. The first kappa shape index (κ1) is 48.3. The van der Waals surface area contributed by atoms with Crippen molar-refractivity contribution >= 4 is 23.8 Å². The summed E-state index contributed by atoms with van der Waals surface area (Å²) < 4.78 is 41.9. The molecule has 0 spiro atoms. The third kappa shape index (κ3) is 13.6. The number of ether oxygens (including phenoxy) is 3. The molecule has 0 radical (unpaired) electrons. The highest BCUT2D eigenvalue weighted by Crippen LogP contribution is 2.28. The molecule has 0 bridgehead atoms. The van der Waals surface area contributed by atoms with Gasteiger partial charge in [0, 0.05) is 11.1 Å². The van der Waals surface area contributed by atoms with Crippen LogP contribution in [0.25, 0.3) is 22.8 Å². The number of esters is 1. The Labute approximate surface area is 369 Å². The van der Waals surface area contributed by atoms with Crippen LogP contribution in [0.4, 0.5) is 8.78 Å². The Bertz CT molecular complexity index is 2590. The van der Waals surface area contributed by atoms with Gasteiger partial charge >= 0.3 is 11.9 Å². The van der Waals surface area contributed by atoms with E-state index in [1.807, 2.05) is 0 Å². The van der Waals surface area contributed by atoms with Gasteiger partial charge in [0.1, 0.15) is 70.3 Å². The first-order valence-electron chi connectivity index (χ1n) is 19.4. The lowest BCUT2D eigenvalue weighted by molar-refractivity contribution is -0.142. The summed E-state index contributed by atoms with van der Waals surface area (Å²) in [5, 5.41) is 52.3. The number of hydrogen-bond donors (Lipinski definition) is 7. The van der Waals surface area contributed by atoms with Crippen molar-refractivity contribution in [1.82, 2.24) is 30.6 Å². The zero-order valence-electron chi connectivity index (χ0n) is 34.8. The molecule has 0 unspecified atom stereocenters. The highest BCUT2D eigenvalue weighted by Gasteiger charge is 2.23. The van der Waals surface area contributed by atoms with E-state index in [-0.39, 0.29) is 46.1 Å². The van der Waals surface area contributed by atoms with Crippen molar-refractivity contribution in [3.8, 4) is 45.8 Å². The van der Waals surface area contributed by atoms with Crippen LogP contribution in [0.2, 0.25) is 0 Å². The number of hydrogen-bond acceptors (Lipinski definition) is 15. The average molecular weight is 897 g/mol. The average Bonchev–Trinajstić information content (AvgIpc) is 3.32. The molecule has 6 aromatic rings. The first-order chi connectivity index (χ1) is 31.1. The number of benzene rings is 4. The summed E-state index contributed by atoms with van der Waals surface area (Å²) in [6.45, 7) is 1.51. The maximum atomic E-state index is 13.0. The monoisotopic (exact) mass is 896 g/mol. The number of aromatic nitrogens is 4. The molecular formula is C45H42F2N6O12. The Hall–Kier alpha value is -7.78. The molecule has 338 valence electrons. The van der Waals surface area contributed by atoms with Crippen molar-refractivity contribution in [1.29, 1.82) is 0 Å². The van der Waals surface area contributed by atoms with Gasteiger partial charge in [0.05, 0.1) is 31.7 Å². The normalized spacial score (nSPS) is 12.6. The third-order valence-corrected chi connectivity index (χ3v) is 8.93. The summed E-state index contributed by atoms with van der Waals surface area (Å²) in [5.74, 6) is -2.05. The Balaban J connectivity index is 0.000000244. The number of aliphatic hydroxyl groups excluding tert-OH is 4. The molecule has 20 heteroatoms. The molecule has 0 aliphatic heterocycles. The van der Waals surface area contributed by atoms with Crippen LogP contribution in [0.15, 0.2) is 109 Å². The number of carbonyl (C=O) groups excluding carboxylic acids is 3. The lowest BCUT2D eigenvalue weighted by Crippen LogP contribution is -2.39. The second kappa shape index (κ2) is 22.5. The summed E-state index contributed by atoms with van der Waals surface area (Å²) in [7, 11) is 1.20. The maximum absolute atomic E-state index is 13.0. The predicted octanol–water partition coefficient (Wildman–Crippen LogP) is 4.70. The Morgan fingerprint density at radius 3 is 1.23 bits per heavy atom. The molecule has 4 atom stereocenters. The van der Waals surface area contributed by atoms with Crippen molar-refractivity contribution in [2.24, 2.45) is 0 Å². The molecule has 2 amide bonds. The topological polar surface area (TPSA) is 273 Å². The van der Waals surface area contributed by atoms with Crippen molar-refractivity contribution in [2.45, 2.75) is 38.1 Å². The number of carbonyl (C=O) groups is 4. The van der Waals surface area contributed by atoms with Gasteiger partial charge in [-0.15, -0.1) is 0 Å². The minimum Gasteiger partial charge on any atom is -0.480 e. The van der Waals surface area contributed by atoms with E-state index in [9.17, 15) is 48.4 Å². The van der Waals surface area contributed by atoms with Crippen molar-refractivity contribution in [3.05, 3.63) is 144 Å². The number of carboxylic acid groups (broad SMARTS) is 1. The van der Waals surface area contributed by atoms with E-state index in [2.05, 4.69) is 35.3 Å². The number of halogens is 2. The molecule has 65 heavy (non-hydrogen) atoms. The molecule has 0 saturated heterocycles. The fourth-order valence-corrected chi connectivity index (χ4v) is 5.41. The SMILES string of the molecule is COC(=O)[C@H](C)NC(=O)c1cc([C@H](O)CO)nc(-c2ccc(Oc3ccc(F)cc3)cc2)n1.C[C@H](NC(=O)c1cc([C@H](O)CO)nc(-c2ccc(Oc3ccc(F)cc3)cc2)n1)C(=O)O. The summed E-state index contributed by atoms with van der Waals surface area (Å²) >= 11 is 0. The second-order valence-corrected chi connectivity index (χ2v) is 13.8. The quantitative estimate of drug-likeness (QED) is 0.0649. The van der Waals surface area contributed by atoms with Gasteiger partial charge in [0.25, 0.3) is 11.8 Å². The fourth-order valence-electron chi connectivity index (χ4n) is 5.41. The van der Waals surface area contributed by atoms with Crippen LogP contribution < -0.4 is 20.1 Å². The Morgan fingerprint density at radius 1 is 0.569 bits per heavy atom. The van der Waals surface area contributed by atoms with E-state index in [1.165, 1.54) is 81.6 Å². The van der Waals surface area contributed by atoms with E-state index in [0.29, 0.717) is 34.1 Å². The van der Waals surface area contributed by atoms with Crippen LogP contribution in [0.5, 0.6) is 23.0 Å². The van der Waals surface area contributed by atoms with Gasteiger partial charge in [0.2, 0.25) is 0 Å². The second-order valence-electron chi connectivity index (χ2n) is 13.8. The summed E-state index contributed by atoms with van der Waals surface area (Å²) in [6.07, 6.45) is -2.70. The Kier molecular flexibility index (Phi) is 16.7. The van der Waals surface area contributed by atoms with Crippen LogP contribution in [0.1, 0.15) is 58.4 Å². The molecule has 2 heterocycles.